The number of halogens is 1. The first-order chi connectivity index (χ1) is 5.34. The zero-order chi connectivity index (χ0) is 8.10. The van der Waals surface area contributed by atoms with Crippen LogP contribution in [-0.2, 0) is 4.74 Å². The van der Waals surface area contributed by atoms with Gasteiger partial charge in [-0.15, -0.1) is 0 Å². The molecule has 0 unspecified atom stereocenters. The second-order valence-electron chi connectivity index (χ2n) is 2.06. The molecule has 0 N–H and O–H groups in total. The minimum absolute atomic E-state index is 0.235. The highest BCUT2D eigenvalue weighted by molar-refractivity contribution is 5.48. The van der Waals surface area contributed by atoms with Crippen LogP contribution in [0.25, 0.3) is 6.08 Å². The molecule has 1 rings (SSSR count). The van der Waals surface area contributed by atoms with E-state index >= 15 is 0 Å². The van der Waals surface area contributed by atoms with E-state index in [2.05, 4.69) is 4.74 Å². The van der Waals surface area contributed by atoms with Crippen molar-refractivity contribution in [2.45, 2.75) is 0 Å². The van der Waals surface area contributed by atoms with Crippen LogP contribution in [0.4, 0.5) is 4.39 Å². The van der Waals surface area contributed by atoms with E-state index in [-0.39, 0.29) is 5.82 Å². The molecule has 0 heterocycles. The maximum Gasteiger partial charge on any atom is 0.130 e. The van der Waals surface area contributed by atoms with Crippen LogP contribution in [0.15, 0.2) is 30.5 Å². The van der Waals surface area contributed by atoms with Gasteiger partial charge in [0.2, 0.25) is 0 Å². The molecule has 1 aromatic carbocycles. The monoisotopic (exact) mass is 152 g/mol. The summed E-state index contributed by atoms with van der Waals surface area (Å²) in [6.45, 7) is 0. The summed E-state index contributed by atoms with van der Waals surface area (Å²) in [5.41, 5.74) is 0.536. The molecular weight excluding hydrogens is 143 g/mol. The lowest BCUT2D eigenvalue weighted by molar-refractivity contribution is 0.341. The Morgan fingerprint density at radius 3 is 2.73 bits per heavy atom. The Hall–Kier alpha value is -1.31. The third-order valence-corrected chi connectivity index (χ3v) is 1.29. The Bertz CT molecular complexity index is 255. The predicted octanol–water partition coefficient (Wildman–Crippen LogP) is 2.44. The summed E-state index contributed by atoms with van der Waals surface area (Å²) in [5.74, 6) is -0.235. The van der Waals surface area contributed by atoms with Crippen LogP contribution in [0, 0.1) is 5.82 Å². The van der Waals surface area contributed by atoms with Gasteiger partial charge in [0.1, 0.15) is 5.82 Å². The van der Waals surface area contributed by atoms with Crippen molar-refractivity contribution in [1.82, 2.24) is 0 Å². The van der Waals surface area contributed by atoms with E-state index in [0.29, 0.717) is 5.56 Å². The van der Waals surface area contributed by atoms with Gasteiger partial charge in [-0.1, -0.05) is 18.2 Å². The number of ether oxygens (including phenoxy) is 1. The highest BCUT2D eigenvalue weighted by Gasteiger charge is 1.93. The lowest BCUT2D eigenvalue weighted by atomic mass is 10.2. The fraction of sp³-hybridized carbons (Fsp3) is 0.111. The SMILES string of the molecule is CO/C=C/c1ccccc1F. The van der Waals surface area contributed by atoms with Gasteiger partial charge in [0, 0.05) is 5.56 Å². The molecule has 58 valence electrons. The van der Waals surface area contributed by atoms with Crippen molar-refractivity contribution >= 4 is 6.08 Å². The zero-order valence-corrected chi connectivity index (χ0v) is 6.25. The average molecular weight is 152 g/mol. The Morgan fingerprint density at radius 1 is 1.36 bits per heavy atom. The largest absolute Gasteiger partial charge is 0.504 e. The molecular formula is C9H9FO. The van der Waals surface area contributed by atoms with Crippen LogP contribution in [-0.4, -0.2) is 7.11 Å². The van der Waals surface area contributed by atoms with Crippen LogP contribution in [0.1, 0.15) is 5.56 Å². The van der Waals surface area contributed by atoms with Crippen LogP contribution in [0.5, 0.6) is 0 Å². The standard InChI is InChI=1S/C9H9FO/c1-11-7-6-8-4-2-3-5-9(8)10/h2-7H,1H3/b7-6+. The molecule has 0 amide bonds. The van der Waals surface area contributed by atoms with Crippen LogP contribution < -0.4 is 0 Å². The maximum atomic E-state index is 12.8. The summed E-state index contributed by atoms with van der Waals surface area (Å²) in [4.78, 5) is 0. The second-order valence-corrected chi connectivity index (χ2v) is 2.06. The van der Waals surface area contributed by atoms with Crippen molar-refractivity contribution in [3.8, 4) is 0 Å². The molecule has 1 nitrogen and oxygen atoms in total. The van der Waals surface area contributed by atoms with Crippen molar-refractivity contribution in [2.75, 3.05) is 7.11 Å². The van der Waals surface area contributed by atoms with E-state index in [9.17, 15) is 4.39 Å². The number of rotatable bonds is 2. The Morgan fingerprint density at radius 2 is 2.09 bits per heavy atom. The molecule has 0 atom stereocenters. The van der Waals surface area contributed by atoms with Crippen molar-refractivity contribution in [1.29, 1.82) is 0 Å². The molecule has 0 aliphatic rings. The molecule has 0 saturated heterocycles. The summed E-state index contributed by atoms with van der Waals surface area (Å²) in [5, 5.41) is 0. The summed E-state index contributed by atoms with van der Waals surface area (Å²) in [7, 11) is 1.53. The zero-order valence-electron chi connectivity index (χ0n) is 6.25. The van der Waals surface area contributed by atoms with Gasteiger partial charge >= 0.3 is 0 Å². The van der Waals surface area contributed by atoms with E-state index in [4.69, 9.17) is 0 Å². The lowest BCUT2D eigenvalue weighted by Crippen LogP contribution is -1.79. The third-order valence-electron chi connectivity index (χ3n) is 1.29. The summed E-state index contributed by atoms with van der Waals surface area (Å²) >= 11 is 0. The molecule has 0 aromatic heterocycles. The van der Waals surface area contributed by atoms with Gasteiger partial charge in [-0.2, -0.15) is 0 Å². The molecule has 0 bridgehead atoms. The van der Waals surface area contributed by atoms with Crippen molar-refractivity contribution in [3.05, 3.63) is 41.9 Å². The second kappa shape index (κ2) is 3.76. The van der Waals surface area contributed by atoms with Crippen LogP contribution >= 0.6 is 0 Å². The predicted molar refractivity (Wildman–Crippen MR) is 42.4 cm³/mol. The molecule has 11 heavy (non-hydrogen) atoms. The first kappa shape index (κ1) is 7.79. The fourth-order valence-corrected chi connectivity index (χ4v) is 0.752. The summed E-state index contributed by atoms with van der Waals surface area (Å²) in [6.07, 6.45) is 3.02. The molecule has 0 fully saturated rings. The van der Waals surface area contributed by atoms with Gasteiger partial charge in [-0.3, -0.25) is 0 Å². The molecule has 1 aromatic rings. The molecule has 0 aliphatic heterocycles. The highest BCUT2D eigenvalue weighted by Crippen LogP contribution is 2.07. The molecule has 0 spiro atoms. The van der Waals surface area contributed by atoms with Gasteiger partial charge in [0.05, 0.1) is 13.4 Å². The van der Waals surface area contributed by atoms with Gasteiger partial charge in [0.25, 0.3) is 0 Å². The third kappa shape index (κ3) is 2.08. The first-order valence-electron chi connectivity index (χ1n) is 3.28. The minimum Gasteiger partial charge on any atom is -0.504 e. The van der Waals surface area contributed by atoms with Gasteiger partial charge in [-0.05, 0) is 12.1 Å². The van der Waals surface area contributed by atoms with Crippen molar-refractivity contribution in [3.63, 3.8) is 0 Å². The smallest absolute Gasteiger partial charge is 0.130 e. The normalized spacial score (nSPS) is 10.4. The summed E-state index contributed by atoms with van der Waals surface area (Å²) < 4.78 is 17.5. The van der Waals surface area contributed by atoms with E-state index in [0.717, 1.165) is 0 Å². The van der Waals surface area contributed by atoms with Crippen molar-refractivity contribution in [2.24, 2.45) is 0 Å². The quantitative estimate of drug-likeness (QED) is 0.591. The molecule has 0 radical (unpaired) electrons. The number of benzene rings is 1. The van der Waals surface area contributed by atoms with Gasteiger partial charge in [0.15, 0.2) is 0 Å². The minimum atomic E-state index is -0.235. The van der Waals surface area contributed by atoms with E-state index < -0.39 is 0 Å². The fourth-order valence-electron chi connectivity index (χ4n) is 0.752. The topological polar surface area (TPSA) is 9.23 Å². The number of hydrogen-bond acceptors (Lipinski definition) is 1. The maximum absolute atomic E-state index is 12.8. The van der Waals surface area contributed by atoms with E-state index in [1.165, 1.54) is 19.4 Å². The Labute approximate surface area is 65.1 Å². The van der Waals surface area contributed by atoms with E-state index in [1.807, 2.05) is 0 Å². The van der Waals surface area contributed by atoms with Crippen LogP contribution in [0.2, 0.25) is 0 Å². The highest BCUT2D eigenvalue weighted by atomic mass is 19.1. The van der Waals surface area contributed by atoms with E-state index in [1.54, 1.807) is 24.3 Å². The van der Waals surface area contributed by atoms with Gasteiger partial charge < -0.3 is 4.74 Å². The Kier molecular flexibility index (Phi) is 2.66. The number of hydrogen-bond donors (Lipinski definition) is 0. The lowest BCUT2D eigenvalue weighted by Gasteiger charge is -1.93. The van der Waals surface area contributed by atoms with Gasteiger partial charge in [-0.25, -0.2) is 4.39 Å². The van der Waals surface area contributed by atoms with Crippen molar-refractivity contribution < 1.29 is 9.13 Å². The molecule has 2 heteroatoms. The first-order valence-corrected chi connectivity index (χ1v) is 3.28. The number of methoxy groups -OCH3 is 1. The molecule has 0 saturated carbocycles. The average Bonchev–Trinajstić information content (AvgIpc) is 2.03. The summed E-state index contributed by atoms with van der Waals surface area (Å²) in [6, 6.07) is 6.53. The Balaban J connectivity index is 2.86. The molecule has 0 aliphatic carbocycles. The van der Waals surface area contributed by atoms with Crippen LogP contribution in [0.3, 0.4) is 0 Å².